The number of aliphatic hydroxyl groups excluding tert-OH is 1. The third-order valence-corrected chi connectivity index (χ3v) is 8.53. The summed E-state index contributed by atoms with van der Waals surface area (Å²) >= 11 is 0. The first-order chi connectivity index (χ1) is 19.2. The van der Waals surface area contributed by atoms with Crippen LogP contribution in [0.15, 0.2) is 59.8 Å². The van der Waals surface area contributed by atoms with Gasteiger partial charge >= 0.3 is 5.97 Å². The van der Waals surface area contributed by atoms with Crippen molar-refractivity contribution in [2.75, 3.05) is 6.54 Å². The quantitative estimate of drug-likeness (QED) is 0.184. The number of nitro benzene ring substituents is 1. The molecule has 1 saturated carbocycles. The Morgan fingerprint density at radius 1 is 1.07 bits per heavy atom. The molecule has 1 aliphatic carbocycles. The van der Waals surface area contributed by atoms with E-state index >= 15 is 0 Å². The lowest BCUT2D eigenvalue weighted by Gasteiger charge is -2.47. The lowest BCUT2D eigenvalue weighted by molar-refractivity contribution is -0.384. The van der Waals surface area contributed by atoms with Crippen molar-refractivity contribution in [1.82, 2.24) is 9.80 Å². The molecule has 2 aromatic rings. The van der Waals surface area contributed by atoms with E-state index in [-0.39, 0.29) is 54.1 Å². The molecular weight excluding hydrogens is 518 g/mol. The summed E-state index contributed by atoms with van der Waals surface area (Å²) in [5, 5.41) is 21.3. The number of aliphatic hydroxyl groups is 1. The Labute approximate surface area is 229 Å². The third kappa shape index (κ3) is 3.91. The number of hydrogen-bond acceptors (Lipinski definition) is 8. The van der Waals surface area contributed by atoms with Gasteiger partial charge in [0.05, 0.1) is 34.1 Å². The Bertz CT molecular complexity index is 1450. The molecule has 2 fully saturated rings. The number of nitrogens with zero attached hydrogens (tertiary/aromatic N) is 3. The highest BCUT2D eigenvalue weighted by atomic mass is 16.6. The molecule has 3 aliphatic heterocycles. The van der Waals surface area contributed by atoms with Crippen LogP contribution in [0.3, 0.4) is 0 Å². The predicted octanol–water partition coefficient (Wildman–Crippen LogP) is 2.83. The second kappa shape index (κ2) is 9.67. The van der Waals surface area contributed by atoms with E-state index in [1.54, 1.807) is 31.2 Å². The van der Waals surface area contributed by atoms with Crippen molar-refractivity contribution in [3.63, 3.8) is 0 Å². The number of carbonyl (C=O) groups is 4. The Hall–Kier alpha value is -4.38. The maximum atomic E-state index is 13.6. The summed E-state index contributed by atoms with van der Waals surface area (Å²) < 4.78 is 5.60. The van der Waals surface area contributed by atoms with E-state index in [9.17, 15) is 34.4 Å². The molecule has 40 heavy (non-hydrogen) atoms. The van der Waals surface area contributed by atoms with E-state index in [4.69, 9.17) is 4.74 Å². The van der Waals surface area contributed by atoms with Gasteiger partial charge in [0.15, 0.2) is 0 Å². The number of imide groups is 1. The number of fused-ring (bicyclic) bond motifs is 4. The van der Waals surface area contributed by atoms with Crippen LogP contribution in [0.2, 0.25) is 0 Å². The largest absolute Gasteiger partial charge is 0.456 e. The number of carbonyl (C=O) groups excluding carboxylic acids is 4. The molecule has 0 aromatic heterocycles. The Kier molecular flexibility index (Phi) is 6.25. The lowest BCUT2D eigenvalue weighted by atomic mass is 9.69. The van der Waals surface area contributed by atoms with Gasteiger partial charge in [0, 0.05) is 30.5 Å². The van der Waals surface area contributed by atoms with Crippen molar-refractivity contribution in [3.05, 3.63) is 86.6 Å². The second-order valence-electron chi connectivity index (χ2n) is 10.8. The summed E-state index contributed by atoms with van der Waals surface area (Å²) in [7, 11) is 0. The highest BCUT2D eigenvalue weighted by molar-refractivity contribution is 6.21. The molecule has 0 spiro atoms. The van der Waals surface area contributed by atoms with Gasteiger partial charge in [-0.2, -0.15) is 0 Å². The summed E-state index contributed by atoms with van der Waals surface area (Å²) in [5.74, 6) is -3.05. The van der Waals surface area contributed by atoms with Crippen LogP contribution in [-0.4, -0.2) is 62.2 Å². The van der Waals surface area contributed by atoms with Gasteiger partial charge in [-0.15, -0.1) is 0 Å². The molecule has 0 radical (unpaired) electrons. The lowest BCUT2D eigenvalue weighted by Crippen LogP contribution is -2.64. The normalized spacial score (nSPS) is 25.8. The van der Waals surface area contributed by atoms with Crippen LogP contribution in [0.4, 0.5) is 5.69 Å². The number of non-ortho nitro benzene ring substituents is 1. The van der Waals surface area contributed by atoms with Gasteiger partial charge in [-0.25, -0.2) is 4.79 Å². The highest BCUT2D eigenvalue weighted by Crippen LogP contribution is 2.54. The van der Waals surface area contributed by atoms with Gasteiger partial charge in [-0.1, -0.05) is 18.6 Å². The number of nitro groups is 1. The molecule has 1 N–H and O–H groups in total. The third-order valence-electron chi connectivity index (χ3n) is 8.53. The standard InChI is InChI=1S/C29H27N3O8/c1-15(33)22-24-21-8-4-5-17(13-30-26(34)19-6-2-3-7-20(19)27(30)35)23(21)25(31(24)28(22)36)29(37)40-14-16-9-11-18(12-10-16)32(38)39/h2-3,6-7,9-12,15,17,21-22,24,33H,4-5,8,13-14H2,1H3/t15-,17-,21+,22-,24-/m1/s1. The van der Waals surface area contributed by atoms with Crippen LogP contribution in [0, 0.1) is 27.9 Å². The second-order valence-corrected chi connectivity index (χ2v) is 10.8. The van der Waals surface area contributed by atoms with Crippen LogP contribution in [-0.2, 0) is 20.9 Å². The molecule has 1 saturated heterocycles. The van der Waals surface area contributed by atoms with Crippen LogP contribution in [0.5, 0.6) is 0 Å². The highest BCUT2D eigenvalue weighted by Gasteiger charge is 2.62. The van der Waals surface area contributed by atoms with E-state index < -0.39 is 29.0 Å². The van der Waals surface area contributed by atoms with Crippen LogP contribution in [0.25, 0.3) is 0 Å². The first-order valence-electron chi connectivity index (χ1n) is 13.3. The molecule has 4 aliphatic rings. The number of rotatable bonds is 7. The number of amides is 3. The van der Waals surface area contributed by atoms with Crippen molar-refractivity contribution >= 4 is 29.4 Å². The zero-order chi connectivity index (χ0) is 28.3. The van der Waals surface area contributed by atoms with Crippen LogP contribution < -0.4 is 0 Å². The maximum Gasteiger partial charge on any atom is 0.355 e. The molecule has 5 atom stereocenters. The molecule has 6 rings (SSSR count). The number of ether oxygens (including phenoxy) is 1. The molecule has 3 heterocycles. The summed E-state index contributed by atoms with van der Waals surface area (Å²) in [6, 6.07) is 11.9. The van der Waals surface area contributed by atoms with E-state index in [1.807, 2.05) is 0 Å². The van der Waals surface area contributed by atoms with Crippen LogP contribution in [0.1, 0.15) is 52.5 Å². The van der Waals surface area contributed by atoms with E-state index in [0.717, 1.165) is 6.42 Å². The Morgan fingerprint density at radius 2 is 1.73 bits per heavy atom. The van der Waals surface area contributed by atoms with Gasteiger partial charge in [0.2, 0.25) is 5.91 Å². The smallest absolute Gasteiger partial charge is 0.355 e. The molecule has 11 nitrogen and oxygen atoms in total. The zero-order valence-corrected chi connectivity index (χ0v) is 21.7. The van der Waals surface area contributed by atoms with Crippen molar-refractivity contribution < 1.29 is 33.9 Å². The van der Waals surface area contributed by atoms with Crippen molar-refractivity contribution in [3.8, 4) is 0 Å². The van der Waals surface area contributed by atoms with Crippen LogP contribution >= 0.6 is 0 Å². The topological polar surface area (TPSA) is 147 Å². The van der Waals surface area contributed by atoms with E-state index in [1.165, 1.54) is 34.1 Å². The van der Waals surface area contributed by atoms with E-state index in [2.05, 4.69) is 0 Å². The first-order valence-corrected chi connectivity index (χ1v) is 13.3. The molecule has 11 heteroatoms. The summed E-state index contributed by atoms with van der Waals surface area (Å²) in [6.07, 6.45) is 1.19. The van der Waals surface area contributed by atoms with Gasteiger partial charge in [0.25, 0.3) is 17.5 Å². The molecular formula is C29H27N3O8. The number of β-lactam (4-membered cyclic amide) rings is 1. The fourth-order valence-corrected chi connectivity index (χ4v) is 6.74. The van der Waals surface area contributed by atoms with Gasteiger partial charge in [-0.05, 0) is 55.2 Å². The Morgan fingerprint density at radius 3 is 2.33 bits per heavy atom. The van der Waals surface area contributed by atoms with Gasteiger partial charge < -0.3 is 14.7 Å². The monoisotopic (exact) mass is 545 g/mol. The SMILES string of the molecule is C[C@@H](O)[C@H]1C(=O)N2C(C(=O)OCc3ccc([N+](=O)[O-])cc3)=C3[C@@H](CN4C(=O)c5ccccc5C4=O)CCC[C@@H]3[C@H]12. The Balaban J connectivity index is 1.30. The molecule has 0 unspecified atom stereocenters. The van der Waals surface area contributed by atoms with E-state index in [0.29, 0.717) is 35.1 Å². The summed E-state index contributed by atoms with van der Waals surface area (Å²) in [4.78, 5) is 66.0. The van der Waals surface area contributed by atoms with Gasteiger partial charge in [-0.3, -0.25) is 29.4 Å². The minimum atomic E-state index is -0.901. The molecule has 3 amide bonds. The average molecular weight is 546 g/mol. The fraction of sp³-hybridized carbons (Fsp3) is 0.379. The maximum absolute atomic E-state index is 13.6. The summed E-state index contributed by atoms with van der Waals surface area (Å²) in [6.45, 7) is 1.48. The number of esters is 1. The van der Waals surface area contributed by atoms with Gasteiger partial charge in [0.1, 0.15) is 12.3 Å². The molecule has 2 aromatic carbocycles. The summed E-state index contributed by atoms with van der Waals surface area (Å²) in [5.41, 5.74) is 1.96. The van der Waals surface area contributed by atoms with Crippen molar-refractivity contribution in [2.45, 2.75) is 44.9 Å². The minimum Gasteiger partial charge on any atom is -0.456 e. The van der Waals surface area contributed by atoms with Crippen molar-refractivity contribution in [2.24, 2.45) is 17.8 Å². The average Bonchev–Trinajstić information content (AvgIpc) is 3.37. The zero-order valence-electron chi connectivity index (χ0n) is 21.7. The van der Waals surface area contributed by atoms with Crippen molar-refractivity contribution in [1.29, 1.82) is 0 Å². The minimum absolute atomic E-state index is 0.0748. The fourth-order valence-electron chi connectivity index (χ4n) is 6.74. The molecule has 0 bridgehead atoms. The number of benzene rings is 2. The number of hydrogen-bond donors (Lipinski definition) is 1. The first kappa shape index (κ1) is 25.9. The predicted molar refractivity (Wildman–Crippen MR) is 138 cm³/mol. The molecule has 206 valence electrons.